The summed E-state index contributed by atoms with van der Waals surface area (Å²) in [6.07, 6.45) is 2.23. The third-order valence-electron chi connectivity index (χ3n) is 6.24. The lowest BCUT2D eigenvalue weighted by Gasteiger charge is -2.31. The highest BCUT2D eigenvalue weighted by Gasteiger charge is 2.31. The van der Waals surface area contributed by atoms with Crippen LogP contribution in [-0.2, 0) is 22.6 Å². The fourth-order valence-corrected chi connectivity index (χ4v) is 4.10. The second kappa shape index (κ2) is 13.7. The van der Waals surface area contributed by atoms with Crippen LogP contribution in [0.2, 0.25) is 5.02 Å². The molecule has 0 fully saturated rings. The summed E-state index contributed by atoms with van der Waals surface area (Å²) in [4.78, 5) is 28.6. The van der Waals surface area contributed by atoms with Crippen molar-refractivity contribution in [1.82, 2.24) is 10.2 Å². The Bertz CT molecular complexity index is 1150. The Hall–Kier alpha value is -3.31. The number of nitrogens with zero attached hydrogens (tertiary/aromatic N) is 1. The minimum Gasteiger partial charge on any atom is -0.484 e. The van der Waals surface area contributed by atoms with Crippen LogP contribution in [0.4, 0.5) is 0 Å². The van der Waals surface area contributed by atoms with Crippen molar-refractivity contribution in [2.45, 2.75) is 52.6 Å². The van der Waals surface area contributed by atoms with Gasteiger partial charge in [-0.3, -0.25) is 9.59 Å². The SMILES string of the molecule is CCCCNC(=O)[C@H](Cc1ccccc1)N(Cc1ccccc1Cl)C(=O)COc1ccc(C)c(C)c1. The summed E-state index contributed by atoms with van der Waals surface area (Å²) in [5, 5.41) is 3.57. The molecule has 0 aromatic heterocycles. The van der Waals surface area contributed by atoms with Gasteiger partial charge in [0.15, 0.2) is 6.61 Å². The lowest BCUT2D eigenvalue weighted by Crippen LogP contribution is -2.51. The number of unbranched alkanes of at least 4 members (excludes halogenated alkanes) is 1. The fourth-order valence-electron chi connectivity index (χ4n) is 3.90. The Labute approximate surface area is 219 Å². The molecule has 3 aromatic carbocycles. The number of nitrogens with one attached hydrogen (secondary N) is 1. The van der Waals surface area contributed by atoms with Crippen molar-refractivity contribution in [2.24, 2.45) is 0 Å². The molecule has 3 aromatic rings. The Kier molecular flexibility index (Phi) is 10.4. The highest BCUT2D eigenvalue weighted by molar-refractivity contribution is 6.31. The second-order valence-electron chi connectivity index (χ2n) is 9.00. The van der Waals surface area contributed by atoms with Crippen LogP contribution in [0.5, 0.6) is 5.75 Å². The van der Waals surface area contributed by atoms with E-state index < -0.39 is 6.04 Å². The van der Waals surface area contributed by atoms with Gasteiger partial charge in [-0.2, -0.15) is 0 Å². The molecule has 0 aliphatic rings. The van der Waals surface area contributed by atoms with E-state index >= 15 is 0 Å². The zero-order valence-corrected chi connectivity index (χ0v) is 22.1. The Morgan fingerprint density at radius 3 is 2.39 bits per heavy atom. The summed E-state index contributed by atoms with van der Waals surface area (Å²) >= 11 is 6.46. The largest absolute Gasteiger partial charge is 0.484 e. The van der Waals surface area contributed by atoms with Crippen molar-refractivity contribution >= 4 is 23.4 Å². The molecular weight excluding hydrogens is 472 g/mol. The van der Waals surface area contributed by atoms with Crippen LogP contribution in [0.25, 0.3) is 0 Å². The van der Waals surface area contributed by atoms with Crippen molar-refractivity contribution in [1.29, 1.82) is 0 Å². The van der Waals surface area contributed by atoms with Gasteiger partial charge in [0.2, 0.25) is 5.91 Å². The summed E-state index contributed by atoms with van der Waals surface area (Å²) in [7, 11) is 0. The summed E-state index contributed by atoms with van der Waals surface area (Å²) in [5.74, 6) is 0.162. The first-order valence-corrected chi connectivity index (χ1v) is 12.8. The van der Waals surface area contributed by atoms with Crippen LogP contribution in [0.1, 0.15) is 42.0 Å². The highest BCUT2D eigenvalue weighted by atomic mass is 35.5. The molecule has 36 heavy (non-hydrogen) atoms. The topological polar surface area (TPSA) is 58.6 Å². The molecule has 0 spiro atoms. The smallest absolute Gasteiger partial charge is 0.261 e. The first kappa shape index (κ1) is 27.3. The van der Waals surface area contributed by atoms with Gasteiger partial charge in [-0.25, -0.2) is 0 Å². The minimum absolute atomic E-state index is 0.180. The zero-order valence-electron chi connectivity index (χ0n) is 21.3. The number of aryl methyl sites for hydroxylation is 2. The van der Waals surface area contributed by atoms with Crippen LogP contribution in [0.3, 0.4) is 0 Å². The van der Waals surface area contributed by atoms with Gasteiger partial charge >= 0.3 is 0 Å². The van der Waals surface area contributed by atoms with E-state index in [0.717, 1.165) is 35.1 Å². The Morgan fingerprint density at radius 1 is 0.972 bits per heavy atom. The summed E-state index contributed by atoms with van der Waals surface area (Å²) in [5.41, 5.74) is 3.99. The van der Waals surface area contributed by atoms with Crippen LogP contribution in [0.15, 0.2) is 72.8 Å². The number of ether oxygens (including phenoxy) is 1. The molecule has 0 aliphatic heterocycles. The number of amides is 2. The van der Waals surface area contributed by atoms with E-state index in [1.165, 1.54) is 0 Å². The van der Waals surface area contributed by atoms with E-state index in [0.29, 0.717) is 23.7 Å². The van der Waals surface area contributed by atoms with Gasteiger partial charge in [0.25, 0.3) is 5.91 Å². The standard InChI is InChI=1S/C30H35ClN2O3/c1-4-5-17-32-30(35)28(19-24-11-7-6-8-12-24)33(20-25-13-9-10-14-27(25)31)29(34)21-36-26-16-15-22(2)23(3)18-26/h6-16,18,28H,4-5,17,19-21H2,1-3H3,(H,32,35)/t28-/m0/s1. The predicted octanol–water partition coefficient (Wildman–Crippen LogP) is 5.89. The molecule has 5 nitrogen and oxygen atoms in total. The van der Waals surface area contributed by atoms with Gasteiger partial charge in [0.05, 0.1) is 0 Å². The number of carbonyl (C=O) groups is 2. The maximum absolute atomic E-state index is 13.6. The molecule has 0 bridgehead atoms. The van der Waals surface area contributed by atoms with Crippen molar-refractivity contribution in [3.05, 3.63) is 100 Å². The summed E-state index contributed by atoms with van der Waals surface area (Å²) in [6.45, 7) is 6.69. The number of hydrogen-bond acceptors (Lipinski definition) is 3. The molecule has 0 heterocycles. The fraction of sp³-hybridized carbons (Fsp3) is 0.333. The molecule has 2 amide bonds. The molecular formula is C30H35ClN2O3. The van der Waals surface area contributed by atoms with E-state index in [4.69, 9.17) is 16.3 Å². The minimum atomic E-state index is -0.712. The van der Waals surface area contributed by atoms with Gasteiger partial charge in [0, 0.05) is 24.5 Å². The Balaban J connectivity index is 1.89. The van der Waals surface area contributed by atoms with E-state index in [9.17, 15) is 9.59 Å². The van der Waals surface area contributed by atoms with E-state index in [1.54, 1.807) is 11.0 Å². The molecule has 0 unspecified atom stereocenters. The quantitative estimate of drug-likeness (QED) is 0.311. The first-order chi connectivity index (χ1) is 17.4. The lowest BCUT2D eigenvalue weighted by atomic mass is 10.0. The number of carbonyl (C=O) groups excluding carboxylic acids is 2. The average molecular weight is 507 g/mol. The molecule has 1 atom stereocenters. The average Bonchev–Trinajstić information content (AvgIpc) is 2.88. The molecule has 0 radical (unpaired) electrons. The molecule has 0 saturated carbocycles. The molecule has 0 saturated heterocycles. The van der Waals surface area contributed by atoms with E-state index in [2.05, 4.69) is 12.2 Å². The normalized spacial score (nSPS) is 11.6. The van der Waals surface area contributed by atoms with Gasteiger partial charge in [0.1, 0.15) is 11.8 Å². The van der Waals surface area contributed by atoms with Gasteiger partial charge < -0.3 is 15.0 Å². The van der Waals surface area contributed by atoms with Gasteiger partial charge in [-0.1, -0.05) is 79.5 Å². The molecule has 190 valence electrons. The number of benzene rings is 3. The summed E-state index contributed by atoms with van der Waals surface area (Å²) < 4.78 is 5.88. The molecule has 6 heteroatoms. The lowest BCUT2D eigenvalue weighted by molar-refractivity contribution is -0.142. The van der Waals surface area contributed by atoms with Crippen molar-refractivity contribution in [3.63, 3.8) is 0 Å². The molecule has 1 N–H and O–H groups in total. The van der Waals surface area contributed by atoms with Crippen LogP contribution in [0, 0.1) is 13.8 Å². The van der Waals surface area contributed by atoms with Crippen molar-refractivity contribution < 1.29 is 14.3 Å². The number of hydrogen-bond donors (Lipinski definition) is 1. The van der Waals surface area contributed by atoms with Gasteiger partial charge in [-0.15, -0.1) is 0 Å². The van der Waals surface area contributed by atoms with E-state index in [-0.39, 0.29) is 25.0 Å². The maximum Gasteiger partial charge on any atom is 0.261 e. The number of halogens is 1. The van der Waals surface area contributed by atoms with Crippen LogP contribution >= 0.6 is 11.6 Å². The first-order valence-electron chi connectivity index (χ1n) is 12.4. The third kappa shape index (κ3) is 7.85. The maximum atomic E-state index is 13.6. The van der Waals surface area contributed by atoms with Crippen LogP contribution < -0.4 is 10.1 Å². The van der Waals surface area contributed by atoms with E-state index in [1.807, 2.05) is 80.6 Å². The molecule has 0 aliphatic carbocycles. The molecule has 3 rings (SSSR count). The second-order valence-corrected chi connectivity index (χ2v) is 9.41. The third-order valence-corrected chi connectivity index (χ3v) is 6.61. The van der Waals surface area contributed by atoms with Gasteiger partial charge in [-0.05, 0) is 60.7 Å². The zero-order chi connectivity index (χ0) is 25.9. The highest BCUT2D eigenvalue weighted by Crippen LogP contribution is 2.21. The van der Waals surface area contributed by atoms with Crippen molar-refractivity contribution in [3.8, 4) is 5.75 Å². The Morgan fingerprint density at radius 2 is 1.69 bits per heavy atom. The van der Waals surface area contributed by atoms with Crippen LogP contribution in [-0.4, -0.2) is 35.9 Å². The van der Waals surface area contributed by atoms with Crippen molar-refractivity contribution in [2.75, 3.05) is 13.2 Å². The number of rotatable bonds is 12. The monoisotopic (exact) mass is 506 g/mol. The predicted molar refractivity (Wildman–Crippen MR) is 145 cm³/mol. The summed E-state index contributed by atoms with van der Waals surface area (Å²) in [6, 6.07) is 22.2.